The Hall–Kier alpha value is -2.41. The molecule has 0 saturated carbocycles. The van der Waals surface area contributed by atoms with Crippen molar-refractivity contribution in [3.8, 4) is 5.75 Å². The molecule has 0 fully saturated rings. The van der Waals surface area contributed by atoms with Crippen LogP contribution >= 0.6 is 11.3 Å². The molecule has 6 nitrogen and oxygen atoms in total. The van der Waals surface area contributed by atoms with Gasteiger partial charge in [0, 0.05) is 17.0 Å². The summed E-state index contributed by atoms with van der Waals surface area (Å²) < 4.78 is 5.25. The van der Waals surface area contributed by atoms with Crippen LogP contribution in [0.2, 0.25) is 0 Å². The molecular formula is C19H23N3O3S. The van der Waals surface area contributed by atoms with Gasteiger partial charge in [-0.15, -0.1) is 11.3 Å². The maximum absolute atomic E-state index is 12.8. The number of carbonyl (C=O) groups is 2. The summed E-state index contributed by atoms with van der Waals surface area (Å²) in [5, 5.41) is 6.89. The molecule has 3 rings (SSSR count). The standard InChI is InChI=1S/C19H23N3O3S/c1-4-5-18-21-11(2)16(26-18)10-20-19(24)14-9-17(23)22-15-7-6-12(25-3)8-13(14)15/h6-8,14H,4-5,9-10H2,1-3H3,(H,20,24)(H,22,23)/t14-/m0/s1. The van der Waals surface area contributed by atoms with Crippen molar-refractivity contribution in [2.75, 3.05) is 12.4 Å². The Bertz CT molecular complexity index is 831. The average Bonchev–Trinajstić information content (AvgIpc) is 2.98. The van der Waals surface area contributed by atoms with Crippen molar-refractivity contribution in [2.24, 2.45) is 0 Å². The minimum atomic E-state index is -0.516. The molecule has 0 unspecified atom stereocenters. The van der Waals surface area contributed by atoms with E-state index in [4.69, 9.17) is 4.74 Å². The number of hydrogen-bond donors (Lipinski definition) is 2. The maximum atomic E-state index is 12.8. The number of amides is 2. The molecule has 1 aromatic carbocycles. The molecule has 2 N–H and O–H groups in total. The van der Waals surface area contributed by atoms with Crippen molar-refractivity contribution in [2.45, 2.75) is 45.6 Å². The number of aryl methyl sites for hydroxylation is 2. The molecule has 1 aliphatic rings. The number of nitrogens with zero attached hydrogens (tertiary/aromatic N) is 1. The van der Waals surface area contributed by atoms with E-state index in [1.54, 1.807) is 30.6 Å². The fraction of sp³-hybridized carbons (Fsp3) is 0.421. The Morgan fingerprint density at radius 1 is 1.46 bits per heavy atom. The Morgan fingerprint density at radius 2 is 2.27 bits per heavy atom. The van der Waals surface area contributed by atoms with Crippen molar-refractivity contribution < 1.29 is 14.3 Å². The van der Waals surface area contributed by atoms with Gasteiger partial charge in [0.15, 0.2) is 0 Å². The topological polar surface area (TPSA) is 80.3 Å². The lowest BCUT2D eigenvalue weighted by molar-refractivity contribution is -0.126. The van der Waals surface area contributed by atoms with Gasteiger partial charge in [-0.3, -0.25) is 9.59 Å². The zero-order valence-corrected chi connectivity index (χ0v) is 16.0. The van der Waals surface area contributed by atoms with Gasteiger partial charge in [0.1, 0.15) is 5.75 Å². The first-order valence-corrected chi connectivity index (χ1v) is 9.54. The highest BCUT2D eigenvalue weighted by Gasteiger charge is 2.31. The second-order valence-electron chi connectivity index (χ2n) is 6.34. The summed E-state index contributed by atoms with van der Waals surface area (Å²) in [7, 11) is 1.58. The molecule has 0 spiro atoms. The normalized spacial score (nSPS) is 16.0. The lowest BCUT2D eigenvalue weighted by Gasteiger charge is -2.25. The van der Waals surface area contributed by atoms with Crippen molar-refractivity contribution in [1.82, 2.24) is 10.3 Å². The van der Waals surface area contributed by atoms with E-state index < -0.39 is 5.92 Å². The van der Waals surface area contributed by atoms with Crippen LogP contribution in [0.25, 0.3) is 0 Å². The molecule has 1 aliphatic heterocycles. The second-order valence-corrected chi connectivity index (χ2v) is 7.51. The maximum Gasteiger partial charge on any atom is 0.228 e. The van der Waals surface area contributed by atoms with Crippen molar-refractivity contribution in [3.63, 3.8) is 0 Å². The van der Waals surface area contributed by atoms with Gasteiger partial charge in [0.25, 0.3) is 0 Å². The molecule has 0 saturated heterocycles. The summed E-state index contributed by atoms with van der Waals surface area (Å²) >= 11 is 1.64. The number of hydrogen-bond acceptors (Lipinski definition) is 5. The first-order valence-electron chi connectivity index (χ1n) is 8.72. The highest BCUT2D eigenvalue weighted by atomic mass is 32.1. The van der Waals surface area contributed by atoms with Crippen molar-refractivity contribution >= 4 is 28.8 Å². The van der Waals surface area contributed by atoms with Crippen LogP contribution in [0.15, 0.2) is 18.2 Å². The number of thiazole rings is 1. The molecule has 26 heavy (non-hydrogen) atoms. The second kappa shape index (κ2) is 7.86. The van der Waals surface area contributed by atoms with E-state index >= 15 is 0 Å². The summed E-state index contributed by atoms with van der Waals surface area (Å²) in [6, 6.07) is 5.36. The van der Waals surface area contributed by atoms with Gasteiger partial charge >= 0.3 is 0 Å². The molecule has 1 atom stereocenters. The Morgan fingerprint density at radius 3 is 3.00 bits per heavy atom. The van der Waals surface area contributed by atoms with Crippen LogP contribution in [-0.2, 0) is 22.6 Å². The fourth-order valence-electron chi connectivity index (χ4n) is 3.06. The molecule has 2 amide bonds. The largest absolute Gasteiger partial charge is 0.497 e. The van der Waals surface area contributed by atoms with Crippen molar-refractivity contribution in [3.05, 3.63) is 39.3 Å². The molecule has 1 aromatic heterocycles. The molecule has 7 heteroatoms. The van der Waals surface area contributed by atoms with Crippen molar-refractivity contribution in [1.29, 1.82) is 0 Å². The first-order chi connectivity index (χ1) is 12.5. The molecule has 2 heterocycles. The summed E-state index contributed by atoms with van der Waals surface area (Å²) in [5.41, 5.74) is 2.41. The molecule has 138 valence electrons. The highest BCUT2D eigenvalue weighted by Crippen LogP contribution is 2.35. The minimum absolute atomic E-state index is 0.134. The van der Waals surface area contributed by atoms with Gasteiger partial charge in [-0.2, -0.15) is 0 Å². The van der Waals surface area contributed by atoms with E-state index in [0.29, 0.717) is 18.0 Å². The Labute approximate surface area is 157 Å². The third kappa shape index (κ3) is 3.88. The van der Waals surface area contributed by atoms with Crippen LogP contribution in [0.5, 0.6) is 5.75 Å². The number of benzene rings is 1. The van der Waals surface area contributed by atoms with Crippen LogP contribution in [0.3, 0.4) is 0 Å². The summed E-state index contributed by atoms with van der Waals surface area (Å²) in [5.74, 6) is -0.154. The predicted molar refractivity (Wildman–Crippen MR) is 102 cm³/mol. The minimum Gasteiger partial charge on any atom is -0.497 e. The van der Waals surface area contributed by atoms with Gasteiger partial charge in [0.2, 0.25) is 11.8 Å². The van der Waals surface area contributed by atoms with E-state index in [0.717, 1.165) is 34.0 Å². The number of anilines is 1. The summed E-state index contributed by atoms with van der Waals surface area (Å²) in [6.07, 6.45) is 2.14. The fourth-order valence-corrected chi connectivity index (χ4v) is 4.17. The number of aromatic nitrogens is 1. The van der Waals surface area contributed by atoms with Crippen LogP contribution in [-0.4, -0.2) is 23.9 Å². The zero-order chi connectivity index (χ0) is 18.7. The van der Waals surface area contributed by atoms with Gasteiger partial charge in [-0.05, 0) is 43.5 Å². The molecule has 0 radical (unpaired) electrons. The molecular weight excluding hydrogens is 350 g/mol. The Balaban J connectivity index is 1.75. The SMILES string of the molecule is CCCc1nc(C)c(CNC(=O)[C@H]2CC(=O)Nc3ccc(OC)cc32)s1. The number of fused-ring (bicyclic) bond motifs is 1. The molecule has 2 aromatic rings. The number of nitrogens with one attached hydrogen (secondary N) is 2. The zero-order valence-electron chi connectivity index (χ0n) is 15.2. The molecule has 0 aliphatic carbocycles. The van der Waals surface area contributed by atoms with Gasteiger partial charge in [0.05, 0.1) is 30.3 Å². The van der Waals surface area contributed by atoms with Gasteiger partial charge < -0.3 is 15.4 Å². The van der Waals surface area contributed by atoms with E-state index in [9.17, 15) is 9.59 Å². The lowest BCUT2D eigenvalue weighted by atomic mass is 9.89. The van der Waals surface area contributed by atoms with Crippen LogP contribution < -0.4 is 15.4 Å². The van der Waals surface area contributed by atoms with E-state index in [-0.39, 0.29) is 18.2 Å². The smallest absolute Gasteiger partial charge is 0.228 e. The summed E-state index contributed by atoms with van der Waals surface area (Å²) in [4.78, 5) is 30.4. The highest BCUT2D eigenvalue weighted by molar-refractivity contribution is 7.11. The van der Waals surface area contributed by atoms with Gasteiger partial charge in [-0.1, -0.05) is 6.92 Å². The lowest BCUT2D eigenvalue weighted by Crippen LogP contribution is -2.34. The quantitative estimate of drug-likeness (QED) is 0.815. The summed E-state index contributed by atoms with van der Waals surface area (Å²) in [6.45, 7) is 4.52. The van der Waals surface area contributed by atoms with Gasteiger partial charge in [-0.25, -0.2) is 4.98 Å². The van der Waals surface area contributed by atoms with E-state index in [1.165, 1.54) is 0 Å². The Kier molecular flexibility index (Phi) is 5.56. The van der Waals surface area contributed by atoms with Crippen LogP contribution in [0, 0.1) is 6.92 Å². The third-order valence-electron chi connectivity index (χ3n) is 4.44. The third-order valence-corrected chi connectivity index (χ3v) is 5.66. The number of rotatable bonds is 6. The van der Waals surface area contributed by atoms with E-state index in [1.807, 2.05) is 13.0 Å². The number of ether oxygens (including phenoxy) is 1. The van der Waals surface area contributed by atoms with Crippen LogP contribution in [0.4, 0.5) is 5.69 Å². The molecule has 0 bridgehead atoms. The predicted octanol–water partition coefficient (Wildman–Crippen LogP) is 3.15. The first kappa shape index (κ1) is 18.4. The van der Waals surface area contributed by atoms with Crippen LogP contribution in [0.1, 0.15) is 46.8 Å². The average molecular weight is 373 g/mol. The number of methoxy groups -OCH3 is 1. The van der Waals surface area contributed by atoms with E-state index in [2.05, 4.69) is 22.5 Å². The number of carbonyl (C=O) groups excluding carboxylic acids is 2. The monoisotopic (exact) mass is 373 g/mol.